The van der Waals surface area contributed by atoms with Crippen LogP contribution in [-0.2, 0) is 9.53 Å². The fourth-order valence-corrected chi connectivity index (χ4v) is 2.29. The second-order valence-electron chi connectivity index (χ2n) is 5.02. The average molecular weight is 361 g/mol. The molecule has 0 aliphatic heterocycles. The predicted octanol–water partition coefficient (Wildman–Crippen LogP) is 3.08. The van der Waals surface area contributed by atoms with Gasteiger partial charge in [0.25, 0.3) is 5.91 Å². The lowest BCUT2D eigenvalue weighted by Gasteiger charge is -2.18. The van der Waals surface area contributed by atoms with Gasteiger partial charge in [-0.3, -0.25) is 10.1 Å². The van der Waals surface area contributed by atoms with Gasteiger partial charge in [-0.2, -0.15) is 0 Å². The van der Waals surface area contributed by atoms with Gasteiger partial charge in [-0.1, -0.05) is 54.1 Å². The monoisotopic (exact) mass is 360 g/mol. The molecule has 2 aromatic rings. The molecule has 0 bridgehead atoms. The van der Waals surface area contributed by atoms with Gasteiger partial charge in [-0.15, -0.1) is 0 Å². The summed E-state index contributed by atoms with van der Waals surface area (Å²) in [5.74, 6) is -1.51. The Labute approximate surface area is 150 Å². The number of halogens is 1. The molecule has 2 aromatic carbocycles. The molecule has 0 fully saturated rings. The van der Waals surface area contributed by atoms with E-state index in [1.54, 1.807) is 55.5 Å². The maximum atomic E-state index is 12.4. The molecular formula is C18H17ClN2O4. The van der Waals surface area contributed by atoms with E-state index in [1.807, 2.05) is 0 Å². The summed E-state index contributed by atoms with van der Waals surface area (Å²) in [6.45, 7) is 2.07. The Kier molecular flexibility index (Phi) is 6.54. The summed E-state index contributed by atoms with van der Waals surface area (Å²) in [5, 5.41) is 4.81. The van der Waals surface area contributed by atoms with Gasteiger partial charge >= 0.3 is 12.0 Å². The van der Waals surface area contributed by atoms with Crippen LogP contribution >= 0.6 is 11.6 Å². The van der Waals surface area contributed by atoms with E-state index >= 15 is 0 Å². The number of imide groups is 1. The first-order chi connectivity index (χ1) is 12.0. The van der Waals surface area contributed by atoms with Gasteiger partial charge < -0.3 is 10.1 Å². The van der Waals surface area contributed by atoms with Crippen LogP contribution in [0.25, 0.3) is 0 Å². The molecule has 6 nitrogen and oxygen atoms in total. The first kappa shape index (κ1) is 18.5. The largest absolute Gasteiger partial charge is 0.444 e. The quantitative estimate of drug-likeness (QED) is 0.802. The van der Waals surface area contributed by atoms with Gasteiger partial charge in [0.1, 0.15) is 0 Å². The molecule has 0 saturated carbocycles. The predicted molar refractivity (Wildman–Crippen MR) is 93.3 cm³/mol. The number of hydrogen-bond acceptors (Lipinski definition) is 4. The summed E-state index contributed by atoms with van der Waals surface area (Å²) < 4.78 is 5.33. The van der Waals surface area contributed by atoms with Crippen LogP contribution in [-0.4, -0.2) is 24.5 Å². The third-order valence-electron chi connectivity index (χ3n) is 3.23. The molecule has 0 saturated heterocycles. The van der Waals surface area contributed by atoms with Gasteiger partial charge in [0.15, 0.2) is 0 Å². The van der Waals surface area contributed by atoms with E-state index in [-0.39, 0.29) is 10.6 Å². The number of hydrogen-bond donors (Lipinski definition) is 2. The van der Waals surface area contributed by atoms with Crippen molar-refractivity contribution in [3.8, 4) is 0 Å². The highest BCUT2D eigenvalue weighted by molar-refractivity contribution is 6.33. The van der Waals surface area contributed by atoms with Gasteiger partial charge in [0, 0.05) is 12.1 Å². The number of urea groups is 1. The molecule has 130 valence electrons. The lowest BCUT2D eigenvalue weighted by Crippen LogP contribution is -2.42. The van der Waals surface area contributed by atoms with Crippen LogP contribution in [0.4, 0.5) is 4.79 Å². The fraction of sp³-hybridized carbons (Fsp3) is 0.167. The summed E-state index contributed by atoms with van der Waals surface area (Å²) in [7, 11) is 0. The SMILES string of the molecule is CCNC(=O)NC(=O)[C@H](OC(=O)c1ccccc1Cl)c1ccccc1. The second kappa shape index (κ2) is 8.84. The number of nitrogens with one attached hydrogen (secondary N) is 2. The van der Waals surface area contributed by atoms with E-state index in [4.69, 9.17) is 16.3 Å². The summed E-state index contributed by atoms with van der Waals surface area (Å²) in [4.78, 5) is 36.4. The normalized spacial score (nSPS) is 11.3. The lowest BCUT2D eigenvalue weighted by molar-refractivity contribution is -0.129. The molecule has 0 spiro atoms. The van der Waals surface area contributed by atoms with Gasteiger partial charge in [0.2, 0.25) is 6.10 Å². The third kappa shape index (κ3) is 5.06. The highest BCUT2D eigenvalue weighted by Gasteiger charge is 2.27. The van der Waals surface area contributed by atoms with Gasteiger partial charge in [0.05, 0.1) is 10.6 Å². The molecule has 0 aliphatic carbocycles. The van der Waals surface area contributed by atoms with E-state index in [2.05, 4.69) is 10.6 Å². The molecule has 3 amide bonds. The van der Waals surface area contributed by atoms with E-state index in [9.17, 15) is 14.4 Å². The Morgan fingerprint density at radius 3 is 2.32 bits per heavy atom. The number of esters is 1. The van der Waals surface area contributed by atoms with Crippen molar-refractivity contribution < 1.29 is 19.1 Å². The Bertz CT molecular complexity index is 765. The molecule has 7 heteroatoms. The Morgan fingerprint density at radius 1 is 1.04 bits per heavy atom. The van der Waals surface area contributed by atoms with Crippen LogP contribution < -0.4 is 10.6 Å². The van der Waals surface area contributed by atoms with Crippen LogP contribution in [0.15, 0.2) is 54.6 Å². The number of carbonyl (C=O) groups excluding carboxylic acids is 3. The molecule has 0 heterocycles. The number of ether oxygens (including phenoxy) is 1. The Hall–Kier alpha value is -2.86. The number of benzene rings is 2. The molecule has 0 radical (unpaired) electrons. The molecule has 0 unspecified atom stereocenters. The molecule has 0 aliphatic rings. The zero-order chi connectivity index (χ0) is 18.2. The van der Waals surface area contributed by atoms with Crippen LogP contribution in [0.3, 0.4) is 0 Å². The van der Waals surface area contributed by atoms with Crippen molar-refractivity contribution in [2.24, 2.45) is 0 Å². The minimum absolute atomic E-state index is 0.135. The minimum atomic E-state index is -1.28. The summed E-state index contributed by atoms with van der Waals surface area (Å²) in [6.07, 6.45) is -1.28. The van der Waals surface area contributed by atoms with E-state index < -0.39 is 24.0 Å². The number of amides is 3. The first-order valence-corrected chi connectivity index (χ1v) is 8.00. The van der Waals surface area contributed by atoms with Gasteiger partial charge in [-0.25, -0.2) is 9.59 Å². The van der Waals surface area contributed by atoms with Crippen molar-refractivity contribution >= 4 is 29.5 Å². The zero-order valence-corrected chi connectivity index (χ0v) is 14.2. The summed E-state index contributed by atoms with van der Waals surface area (Å²) in [5.41, 5.74) is 0.570. The fourth-order valence-electron chi connectivity index (χ4n) is 2.08. The summed E-state index contributed by atoms with van der Waals surface area (Å²) in [6, 6.07) is 14.1. The molecule has 0 aromatic heterocycles. The second-order valence-corrected chi connectivity index (χ2v) is 5.43. The lowest BCUT2D eigenvalue weighted by atomic mass is 10.1. The number of carbonyl (C=O) groups is 3. The number of rotatable bonds is 5. The standard InChI is InChI=1S/C18H17ClN2O4/c1-2-20-18(24)21-16(22)15(12-8-4-3-5-9-12)25-17(23)13-10-6-7-11-14(13)19/h3-11,15H,2H2,1H3,(H2,20,21,22,24)/t15-/m1/s1. The van der Waals surface area contributed by atoms with Crippen molar-refractivity contribution in [3.05, 3.63) is 70.7 Å². The molecule has 2 N–H and O–H groups in total. The molecule has 25 heavy (non-hydrogen) atoms. The van der Waals surface area contributed by atoms with E-state index in [0.717, 1.165) is 0 Å². The smallest absolute Gasteiger partial charge is 0.340 e. The maximum Gasteiger partial charge on any atom is 0.340 e. The Morgan fingerprint density at radius 2 is 1.68 bits per heavy atom. The molecule has 2 rings (SSSR count). The topological polar surface area (TPSA) is 84.5 Å². The maximum absolute atomic E-state index is 12.4. The minimum Gasteiger partial charge on any atom is -0.444 e. The van der Waals surface area contributed by atoms with Crippen molar-refractivity contribution in [2.45, 2.75) is 13.0 Å². The van der Waals surface area contributed by atoms with E-state index in [1.165, 1.54) is 6.07 Å². The average Bonchev–Trinajstić information content (AvgIpc) is 2.60. The molecular weight excluding hydrogens is 344 g/mol. The van der Waals surface area contributed by atoms with E-state index in [0.29, 0.717) is 12.1 Å². The van der Waals surface area contributed by atoms with Crippen LogP contribution in [0.1, 0.15) is 28.9 Å². The van der Waals surface area contributed by atoms with Crippen molar-refractivity contribution in [2.75, 3.05) is 6.54 Å². The first-order valence-electron chi connectivity index (χ1n) is 7.62. The van der Waals surface area contributed by atoms with Crippen molar-refractivity contribution in [1.82, 2.24) is 10.6 Å². The highest BCUT2D eigenvalue weighted by Crippen LogP contribution is 2.22. The highest BCUT2D eigenvalue weighted by atomic mass is 35.5. The van der Waals surface area contributed by atoms with Crippen molar-refractivity contribution in [3.63, 3.8) is 0 Å². The van der Waals surface area contributed by atoms with Crippen LogP contribution in [0, 0.1) is 0 Å². The Balaban J connectivity index is 2.23. The van der Waals surface area contributed by atoms with Gasteiger partial charge in [-0.05, 0) is 19.1 Å². The summed E-state index contributed by atoms with van der Waals surface area (Å²) >= 11 is 5.99. The van der Waals surface area contributed by atoms with Crippen LogP contribution in [0.5, 0.6) is 0 Å². The van der Waals surface area contributed by atoms with Crippen molar-refractivity contribution in [1.29, 1.82) is 0 Å². The molecule has 1 atom stereocenters. The third-order valence-corrected chi connectivity index (χ3v) is 3.56. The zero-order valence-electron chi connectivity index (χ0n) is 13.5. The van der Waals surface area contributed by atoms with Crippen LogP contribution in [0.2, 0.25) is 5.02 Å².